The van der Waals surface area contributed by atoms with Crippen molar-refractivity contribution in [2.24, 2.45) is 0 Å². The standard InChI is InChI=1S/C25H25FN4O6/c1-16(31)28-14-19-12-20(25(34)36-19)17-4-5-22(21(26)11-17)29-7-9-30(10-8-29)23(32)15-35-24(33)18-3-2-6-27-13-18/h2-6,11-13,19H,7-10,14-15H2,1H3,(H,28,31)/t19-/m1/s1. The number of aromatic nitrogens is 1. The van der Waals surface area contributed by atoms with Crippen molar-refractivity contribution in [3.05, 3.63) is 65.7 Å². The Bertz CT molecular complexity index is 1190. The Labute approximate surface area is 206 Å². The molecule has 10 nitrogen and oxygen atoms in total. The van der Waals surface area contributed by atoms with E-state index in [1.165, 1.54) is 25.4 Å². The van der Waals surface area contributed by atoms with E-state index in [1.807, 2.05) is 4.90 Å². The van der Waals surface area contributed by atoms with Crippen LogP contribution in [-0.4, -0.2) is 79.1 Å². The summed E-state index contributed by atoms with van der Waals surface area (Å²) in [5, 5.41) is 2.58. The van der Waals surface area contributed by atoms with Gasteiger partial charge in [0.1, 0.15) is 11.9 Å². The first-order chi connectivity index (χ1) is 17.3. The van der Waals surface area contributed by atoms with Gasteiger partial charge in [-0.1, -0.05) is 6.07 Å². The zero-order chi connectivity index (χ0) is 25.7. The predicted molar refractivity (Wildman–Crippen MR) is 126 cm³/mol. The predicted octanol–water partition coefficient (Wildman–Crippen LogP) is 1.17. The van der Waals surface area contributed by atoms with Crippen molar-refractivity contribution >= 4 is 35.0 Å². The van der Waals surface area contributed by atoms with Gasteiger partial charge in [0.05, 0.1) is 23.4 Å². The van der Waals surface area contributed by atoms with Gasteiger partial charge in [0.2, 0.25) is 5.91 Å². The molecule has 4 rings (SSSR count). The van der Waals surface area contributed by atoms with Gasteiger partial charge in [0, 0.05) is 45.5 Å². The summed E-state index contributed by atoms with van der Waals surface area (Å²) < 4.78 is 25.3. The van der Waals surface area contributed by atoms with E-state index in [9.17, 15) is 23.6 Å². The molecular weight excluding hydrogens is 471 g/mol. The zero-order valence-corrected chi connectivity index (χ0v) is 19.6. The average Bonchev–Trinajstić information content (AvgIpc) is 3.26. The maximum atomic E-state index is 15.0. The lowest BCUT2D eigenvalue weighted by Gasteiger charge is -2.36. The number of carbonyl (C=O) groups excluding carboxylic acids is 4. The largest absolute Gasteiger partial charge is 0.453 e. The number of esters is 2. The Morgan fingerprint density at radius 1 is 1.19 bits per heavy atom. The minimum absolute atomic E-state index is 0.150. The number of cyclic esters (lactones) is 1. The van der Waals surface area contributed by atoms with E-state index in [0.717, 1.165) is 0 Å². The number of ether oxygens (including phenoxy) is 2. The number of nitrogens with one attached hydrogen (secondary N) is 1. The quantitative estimate of drug-likeness (QED) is 0.568. The fraction of sp³-hybridized carbons (Fsp3) is 0.320. The molecule has 36 heavy (non-hydrogen) atoms. The Morgan fingerprint density at radius 3 is 2.64 bits per heavy atom. The first-order valence-corrected chi connectivity index (χ1v) is 11.4. The number of pyridine rings is 1. The molecule has 0 radical (unpaired) electrons. The summed E-state index contributed by atoms with van der Waals surface area (Å²) in [5.41, 5.74) is 1.25. The van der Waals surface area contributed by atoms with Crippen molar-refractivity contribution in [1.29, 1.82) is 0 Å². The SMILES string of the molecule is CC(=O)NC[C@H]1C=C(c2ccc(N3CCN(C(=O)COC(=O)c4cccnc4)CC3)c(F)c2)C(=O)O1. The van der Waals surface area contributed by atoms with Gasteiger partial charge in [-0.3, -0.25) is 14.6 Å². The highest BCUT2D eigenvalue weighted by Gasteiger charge is 2.28. The summed E-state index contributed by atoms with van der Waals surface area (Å²) in [5.74, 6) is -2.27. The van der Waals surface area contributed by atoms with Crippen molar-refractivity contribution in [2.45, 2.75) is 13.0 Å². The summed E-state index contributed by atoms with van der Waals surface area (Å²) in [6.45, 7) is 2.59. The van der Waals surface area contributed by atoms with Gasteiger partial charge in [0.15, 0.2) is 6.61 Å². The van der Waals surface area contributed by atoms with Crippen LogP contribution >= 0.6 is 0 Å². The van der Waals surface area contributed by atoms with Gasteiger partial charge in [-0.15, -0.1) is 0 Å². The third kappa shape index (κ3) is 5.85. The zero-order valence-electron chi connectivity index (χ0n) is 19.6. The van der Waals surface area contributed by atoms with Gasteiger partial charge in [-0.05, 0) is 35.9 Å². The molecule has 0 spiro atoms. The van der Waals surface area contributed by atoms with Gasteiger partial charge in [0.25, 0.3) is 5.91 Å². The lowest BCUT2D eigenvalue weighted by atomic mass is 10.0. The monoisotopic (exact) mass is 496 g/mol. The molecule has 1 aromatic heterocycles. The molecule has 1 saturated heterocycles. The van der Waals surface area contributed by atoms with Crippen molar-refractivity contribution in [3.63, 3.8) is 0 Å². The average molecular weight is 496 g/mol. The van der Waals surface area contributed by atoms with Gasteiger partial charge >= 0.3 is 11.9 Å². The van der Waals surface area contributed by atoms with E-state index in [-0.39, 0.29) is 36.1 Å². The van der Waals surface area contributed by atoms with E-state index >= 15 is 0 Å². The number of piperazine rings is 1. The smallest absolute Gasteiger partial charge is 0.340 e. The summed E-state index contributed by atoms with van der Waals surface area (Å²) in [6.07, 6.45) is 3.86. The van der Waals surface area contributed by atoms with Crippen LogP contribution in [0.5, 0.6) is 0 Å². The van der Waals surface area contributed by atoms with Crippen molar-refractivity contribution in [3.8, 4) is 0 Å². The lowest BCUT2D eigenvalue weighted by molar-refractivity contribution is -0.138. The second-order valence-corrected chi connectivity index (χ2v) is 8.31. The summed E-state index contributed by atoms with van der Waals surface area (Å²) in [4.78, 5) is 54.9. The molecule has 0 unspecified atom stereocenters. The number of nitrogens with zero attached hydrogens (tertiary/aromatic N) is 3. The van der Waals surface area contributed by atoms with Crippen LogP contribution in [0.25, 0.3) is 5.57 Å². The maximum Gasteiger partial charge on any atom is 0.340 e. The first kappa shape index (κ1) is 24.8. The second kappa shape index (κ2) is 11.0. The van der Waals surface area contributed by atoms with Crippen LogP contribution in [0.4, 0.5) is 10.1 Å². The molecule has 0 aliphatic carbocycles. The minimum atomic E-state index is -0.625. The maximum absolute atomic E-state index is 15.0. The third-order valence-corrected chi connectivity index (χ3v) is 5.84. The molecule has 2 aliphatic heterocycles. The molecule has 188 valence electrons. The van der Waals surface area contributed by atoms with Crippen LogP contribution < -0.4 is 10.2 Å². The number of carbonyl (C=O) groups is 4. The molecule has 2 aliphatic rings. The van der Waals surface area contributed by atoms with Crippen LogP contribution in [-0.2, 0) is 23.9 Å². The van der Waals surface area contributed by atoms with E-state index in [4.69, 9.17) is 9.47 Å². The number of anilines is 1. The number of rotatable bonds is 7. The number of hydrogen-bond acceptors (Lipinski definition) is 8. The van der Waals surface area contributed by atoms with Crippen LogP contribution in [0.2, 0.25) is 0 Å². The third-order valence-electron chi connectivity index (χ3n) is 5.84. The molecule has 2 amide bonds. The van der Waals surface area contributed by atoms with Crippen LogP contribution in [0.1, 0.15) is 22.8 Å². The normalized spacial score (nSPS) is 17.3. The Morgan fingerprint density at radius 2 is 1.97 bits per heavy atom. The van der Waals surface area contributed by atoms with Gasteiger partial charge in [-0.25, -0.2) is 14.0 Å². The van der Waals surface area contributed by atoms with Crippen molar-refractivity contribution in [2.75, 3.05) is 44.2 Å². The fourth-order valence-electron chi connectivity index (χ4n) is 3.96. The van der Waals surface area contributed by atoms with Crippen LogP contribution in [0.3, 0.4) is 0 Å². The fourth-order valence-corrected chi connectivity index (χ4v) is 3.96. The summed E-state index contributed by atoms with van der Waals surface area (Å²) in [7, 11) is 0. The van der Waals surface area contributed by atoms with E-state index < -0.39 is 23.9 Å². The topological polar surface area (TPSA) is 118 Å². The summed E-state index contributed by atoms with van der Waals surface area (Å²) >= 11 is 0. The first-order valence-electron chi connectivity index (χ1n) is 11.4. The molecule has 0 saturated carbocycles. The molecule has 2 aromatic rings. The number of halogens is 1. The van der Waals surface area contributed by atoms with Gasteiger partial charge < -0.3 is 24.6 Å². The molecule has 1 aromatic carbocycles. The van der Waals surface area contributed by atoms with Crippen LogP contribution in [0, 0.1) is 5.82 Å². The molecule has 11 heteroatoms. The van der Waals surface area contributed by atoms with E-state index in [2.05, 4.69) is 10.3 Å². The van der Waals surface area contributed by atoms with E-state index in [0.29, 0.717) is 37.4 Å². The molecular formula is C25H25FN4O6. The molecule has 1 fully saturated rings. The highest BCUT2D eigenvalue weighted by Crippen LogP contribution is 2.29. The second-order valence-electron chi connectivity index (χ2n) is 8.31. The Kier molecular flexibility index (Phi) is 7.57. The Hall–Kier alpha value is -4.28. The van der Waals surface area contributed by atoms with E-state index in [1.54, 1.807) is 35.2 Å². The van der Waals surface area contributed by atoms with Crippen molar-refractivity contribution < 1.29 is 33.0 Å². The molecule has 0 bridgehead atoms. The highest BCUT2D eigenvalue weighted by atomic mass is 19.1. The molecule has 1 atom stereocenters. The van der Waals surface area contributed by atoms with Crippen molar-refractivity contribution in [1.82, 2.24) is 15.2 Å². The minimum Gasteiger partial charge on any atom is -0.453 e. The molecule has 3 heterocycles. The lowest BCUT2D eigenvalue weighted by Crippen LogP contribution is -2.50. The number of benzene rings is 1. The molecule has 1 N–H and O–H groups in total. The Balaban J connectivity index is 1.31. The number of hydrogen-bond donors (Lipinski definition) is 1. The number of amides is 2. The highest BCUT2D eigenvalue weighted by molar-refractivity contribution is 6.18. The van der Waals surface area contributed by atoms with Gasteiger partial charge in [-0.2, -0.15) is 0 Å². The van der Waals surface area contributed by atoms with Crippen LogP contribution in [0.15, 0.2) is 48.8 Å². The summed E-state index contributed by atoms with van der Waals surface area (Å²) in [6, 6.07) is 7.66.